The molecule has 1 N–H and O–H groups in total. The number of hydrogen-bond donors (Lipinski definition) is 1. The summed E-state index contributed by atoms with van der Waals surface area (Å²) in [6.07, 6.45) is 2.19. The number of hydrogen-bond acceptors (Lipinski definition) is 3. The number of carbonyl (C=O) groups is 2. The molecular weight excluding hydrogens is 240 g/mol. The van der Waals surface area contributed by atoms with Crippen molar-refractivity contribution < 1.29 is 9.59 Å². The van der Waals surface area contributed by atoms with Crippen molar-refractivity contribution in [1.29, 1.82) is 0 Å². The predicted octanol–water partition coefficient (Wildman–Crippen LogP) is 2.56. The molecule has 0 heterocycles. The van der Waals surface area contributed by atoms with Crippen molar-refractivity contribution in [2.75, 3.05) is 25.5 Å². The molecule has 0 spiro atoms. The Morgan fingerprint density at radius 1 is 1.26 bits per heavy atom. The van der Waals surface area contributed by atoms with Gasteiger partial charge in [-0.1, -0.05) is 25.5 Å². The maximum Gasteiger partial charge on any atom is 0.238 e. The minimum Gasteiger partial charge on any atom is -0.324 e. The average molecular weight is 262 g/mol. The third kappa shape index (κ3) is 5.22. The zero-order chi connectivity index (χ0) is 14.3. The van der Waals surface area contributed by atoms with E-state index < -0.39 is 0 Å². The first-order chi connectivity index (χ1) is 9.04. The lowest BCUT2D eigenvalue weighted by Gasteiger charge is -2.16. The summed E-state index contributed by atoms with van der Waals surface area (Å²) in [6, 6.07) is 7.07. The van der Waals surface area contributed by atoms with E-state index in [0.717, 1.165) is 19.4 Å². The molecule has 0 atom stereocenters. The van der Waals surface area contributed by atoms with E-state index in [1.807, 2.05) is 18.0 Å². The highest BCUT2D eigenvalue weighted by Crippen LogP contribution is 2.15. The highest BCUT2D eigenvalue weighted by atomic mass is 16.2. The summed E-state index contributed by atoms with van der Waals surface area (Å²) in [6.45, 7) is 4.86. The Morgan fingerprint density at radius 2 is 1.95 bits per heavy atom. The van der Waals surface area contributed by atoms with Crippen molar-refractivity contribution in [2.24, 2.45) is 0 Å². The summed E-state index contributed by atoms with van der Waals surface area (Å²) in [4.78, 5) is 25.3. The van der Waals surface area contributed by atoms with Crippen LogP contribution in [0.1, 0.15) is 37.0 Å². The van der Waals surface area contributed by atoms with Gasteiger partial charge in [0.05, 0.1) is 12.2 Å². The topological polar surface area (TPSA) is 49.4 Å². The number of rotatable bonds is 7. The van der Waals surface area contributed by atoms with Crippen LogP contribution in [-0.2, 0) is 4.79 Å². The van der Waals surface area contributed by atoms with Crippen LogP contribution < -0.4 is 5.32 Å². The smallest absolute Gasteiger partial charge is 0.238 e. The molecule has 0 bridgehead atoms. The molecular formula is C15H22N2O2. The van der Waals surface area contributed by atoms with E-state index in [4.69, 9.17) is 0 Å². The third-order valence-corrected chi connectivity index (χ3v) is 2.89. The number of nitrogens with zero attached hydrogens (tertiary/aromatic N) is 1. The van der Waals surface area contributed by atoms with Gasteiger partial charge in [0.2, 0.25) is 5.91 Å². The highest BCUT2D eigenvalue weighted by molar-refractivity contribution is 6.04. The first-order valence-corrected chi connectivity index (χ1v) is 6.63. The fraction of sp³-hybridized carbons (Fsp3) is 0.467. The quantitative estimate of drug-likeness (QED) is 0.768. The van der Waals surface area contributed by atoms with Gasteiger partial charge in [0, 0.05) is 5.56 Å². The first-order valence-electron chi connectivity index (χ1n) is 6.63. The third-order valence-electron chi connectivity index (χ3n) is 2.89. The summed E-state index contributed by atoms with van der Waals surface area (Å²) >= 11 is 0. The van der Waals surface area contributed by atoms with Crippen LogP contribution in [0.4, 0.5) is 5.69 Å². The van der Waals surface area contributed by atoms with Gasteiger partial charge in [-0.05, 0) is 39.1 Å². The average Bonchev–Trinajstić information content (AvgIpc) is 2.36. The normalized spacial score (nSPS) is 10.5. The maximum atomic E-state index is 11.9. The summed E-state index contributed by atoms with van der Waals surface area (Å²) in [5.41, 5.74) is 1.14. The molecule has 0 unspecified atom stereocenters. The minimum absolute atomic E-state index is 0.0461. The van der Waals surface area contributed by atoms with Crippen LogP contribution >= 0.6 is 0 Å². The molecule has 0 aliphatic carbocycles. The predicted molar refractivity (Wildman–Crippen MR) is 77.5 cm³/mol. The molecule has 1 aromatic rings. The first kappa shape index (κ1) is 15.4. The van der Waals surface area contributed by atoms with E-state index in [9.17, 15) is 9.59 Å². The molecule has 4 heteroatoms. The molecule has 1 rings (SSSR count). The van der Waals surface area contributed by atoms with Gasteiger partial charge < -0.3 is 5.32 Å². The molecule has 0 radical (unpaired) electrons. The van der Waals surface area contributed by atoms with Gasteiger partial charge in [0.1, 0.15) is 0 Å². The molecule has 1 aromatic carbocycles. The van der Waals surface area contributed by atoms with Gasteiger partial charge >= 0.3 is 0 Å². The van der Waals surface area contributed by atoms with Crippen molar-refractivity contribution in [2.45, 2.75) is 26.7 Å². The Morgan fingerprint density at radius 3 is 2.58 bits per heavy atom. The number of para-hydroxylation sites is 1. The van der Waals surface area contributed by atoms with Crippen LogP contribution in [0, 0.1) is 0 Å². The van der Waals surface area contributed by atoms with Crippen molar-refractivity contribution in [3.63, 3.8) is 0 Å². The van der Waals surface area contributed by atoms with Crippen LogP contribution in [0.15, 0.2) is 24.3 Å². The molecule has 0 aliphatic rings. The Bertz CT molecular complexity index is 444. The van der Waals surface area contributed by atoms with Gasteiger partial charge in [-0.3, -0.25) is 14.5 Å². The Balaban J connectivity index is 2.60. The van der Waals surface area contributed by atoms with Crippen molar-refractivity contribution >= 4 is 17.4 Å². The van der Waals surface area contributed by atoms with E-state index >= 15 is 0 Å². The van der Waals surface area contributed by atoms with Gasteiger partial charge in [-0.2, -0.15) is 0 Å². The van der Waals surface area contributed by atoms with Gasteiger partial charge in [-0.15, -0.1) is 0 Å². The number of Topliss-reactive ketones (excluding diaryl/α,β-unsaturated/α-hetero) is 1. The highest BCUT2D eigenvalue weighted by Gasteiger charge is 2.10. The summed E-state index contributed by atoms with van der Waals surface area (Å²) in [5.74, 6) is -0.137. The van der Waals surface area contributed by atoms with E-state index in [-0.39, 0.29) is 11.7 Å². The lowest BCUT2D eigenvalue weighted by atomic mass is 10.1. The number of nitrogens with one attached hydrogen (secondary N) is 1. The van der Waals surface area contributed by atoms with E-state index in [1.165, 1.54) is 6.92 Å². The van der Waals surface area contributed by atoms with Gasteiger partial charge in [0.25, 0.3) is 0 Å². The number of amides is 1. The molecule has 0 saturated carbocycles. The fourth-order valence-corrected chi connectivity index (χ4v) is 1.84. The van der Waals surface area contributed by atoms with E-state index in [2.05, 4.69) is 12.2 Å². The van der Waals surface area contributed by atoms with Crippen molar-refractivity contribution in [3.8, 4) is 0 Å². The Labute approximate surface area is 114 Å². The van der Waals surface area contributed by atoms with E-state index in [0.29, 0.717) is 17.8 Å². The largest absolute Gasteiger partial charge is 0.324 e. The zero-order valence-corrected chi connectivity index (χ0v) is 11.9. The molecule has 0 aliphatic heterocycles. The fourth-order valence-electron chi connectivity index (χ4n) is 1.84. The van der Waals surface area contributed by atoms with Crippen LogP contribution in [0.2, 0.25) is 0 Å². The van der Waals surface area contributed by atoms with Gasteiger partial charge in [-0.25, -0.2) is 0 Å². The maximum absolute atomic E-state index is 11.9. The van der Waals surface area contributed by atoms with Crippen LogP contribution in [0.5, 0.6) is 0 Å². The Kier molecular flexibility index (Phi) is 6.22. The van der Waals surface area contributed by atoms with Crippen molar-refractivity contribution in [1.82, 2.24) is 4.90 Å². The van der Waals surface area contributed by atoms with E-state index in [1.54, 1.807) is 18.2 Å². The lowest BCUT2D eigenvalue weighted by Crippen LogP contribution is -2.31. The number of unbranched alkanes of at least 4 members (excludes halogenated alkanes) is 1. The second kappa shape index (κ2) is 7.69. The van der Waals surface area contributed by atoms with Crippen LogP contribution in [0.3, 0.4) is 0 Å². The summed E-state index contributed by atoms with van der Waals surface area (Å²) in [5, 5.41) is 2.80. The Hall–Kier alpha value is -1.68. The monoisotopic (exact) mass is 262 g/mol. The molecule has 1 amide bonds. The molecule has 0 aromatic heterocycles. The second-order valence-corrected chi connectivity index (χ2v) is 4.74. The lowest BCUT2D eigenvalue weighted by molar-refractivity contribution is -0.117. The number of benzene rings is 1. The molecule has 4 nitrogen and oxygen atoms in total. The molecule has 19 heavy (non-hydrogen) atoms. The SMILES string of the molecule is CCCCN(C)CC(=O)Nc1ccccc1C(C)=O. The summed E-state index contributed by atoms with van der Waals surface area (Å²) < 4.78 is 0. The number of likely N-dealkylation sites (N-methyl/N-ethyl adjacent to an activating group) is 1. The zero-order valence-electron chi connectivity index (χ0n) is 11.9. The number of anilines is 1. The van der Waals surface area contributed by atoms with Crippen LogP contribution in [0.25, 0.3) is 0 Å². The van der Waals surface area contributed by atoms with Crippen molar-refractivity contribution in [3.05, 3.63) is 29.8 Å². The number of ketones is 1. The molecule has 0 saturated heterocycles. The second-order valence-electron chi connectivity index (χ2n) is 4.74. The summed E-state index contributed by atoms with van der Waals surface area (Å²) in [7, 11) is 1.92. The minimum atomic E-state index is -0.0905. The standard InChI is InChI=1S/C15H22N2O2/c1-4-5-10-17(3)11-15(19)16-14-9-7-6-8-13(14)12(2)18/h6-9H,4-5,10-11H2,1-3H3,(H,16,19). The van der Waals surface area contributed by atoms with Gasteiger partial charge in [0.15, 0.2) is 5.78 Å². The molecule has 0 fully saturated rings. The number of carbonyl (C=O) groups excluding carboxylic acids is 2. The molecule has 104 valence electrons. The van der Waals surface area contributed by atoms with Crippen LogP contribution in [-0.4, -0.2) is 36.7 Å².